The van der Waals surface area contributed by atoms with Crippen molar-refractivity contribution in [2.75, 3.05) is 10.8 Å². The van der Waals surface area contributed by atoms with Gasteiger partial charge in [-0.15, -0.1) is 0 Å². The van der Waals surface area contributed by atoms with E-state index in [9.17, 15) is 18.5 Å². The molecular formula is C15H14BrClN2O4S. The van der Waals surface area contributed by atoms with Gasteiger partial charge in [-0.2, -0.15) is 0 Å². The predicted molar refractivity (Wildman–Crippen MR) is 97.2 cm³/mol. The maximum atomic E-state index is 12.9. The largest absolute Gasteiger partial charge is 0.273 e. The number of benzene rings is 2. The normalized spacial score (nSPS) is 11.3. The molecular weight excluding hydrogens is 420 g/mol. The molecule has 0 atom stereocenters. The molecule has 2 aromatic carbocycles. The molecule has 0 fully saturated rings. The third-order valence-electron chi connectivity index (χ3n) is 3.44. The third-order valence-corrected chi connectivity index (χ3v) is 6.58. The van der Waals surface area contributed by atoms with E-state index in [0.29, 0.717) is 20.7 Å². The number of nitro benzene ring substituents is 1. The summed E-state index contributed by atoms with van der Waals surface area (Å²) in [4.78, 5) is 10.3. The zero-order chi connectivity index (χ0) is 18.1. The highest BCUT2D eigenvalue weighted by Crippen LogP contribution is 2.31. The van der Waals surface area contributed by atoms with E-state index in [2.05, 4.69) is 15.9 Å². The van der Waals surface area contributed by atoms with Crippen molar-refractivity contribution in [3.8, 4) is 0 Å². The molecule has 0 spiro atoms. The van der Waals surface area contributed by atoms with Crippen molar-refractivity contribution in [3.63, 3.8) is 0 Å². The summed E-state index contributed by atoms with van der Waals surface area (Å²) >= 11 is 9.30. The molecule has 0 aliphatic carbocycles. The highest BCUT2D eigenvalue weighted by atomic mass is 79.9. The van der Waals surface area contributed by atoms with Crippen LogP contribution in [0.2, 0.25) is 5.02 Å². The number of sulfonamides is 1. The summed E-state index contributed by atoms with van der Waals surface area (Å²) in [6, 6.07) is 8.64. The number of hydrogen-bond donors (Lipinski definition) is 0. The van der Waals surface area contributed by atoms with E-state index < -0.39 is 14.9 Å². The van der Waals surface area contributed by atoms with Gasteiger partial charge < -0.3 is 0 Å². The quantitative estimate of drug-likeness (QED) is 0.512. The molecule has 0 saturated carbocycles. The van der Waals surface area contributed by atoms with E-state index in [0.717, 1.165) is 10.4 Å². The van der Waals surface area contributed by atoms with Gasteiger partial charge in [0.25, 0.3) is 15.7 Å². The van der Waals surface area contributed by atoms with Gasteiger partial charge in [-0.05, 0) is 54.0 Å². The Morgan fingerprint density at radius 3 is 2.46 bits per heavy atom. The zero-order valence-electron chi connectivity index (χ0n) is 12.9. The summed E-state index contributed by atoms with van der Waals surface area (Å²) in [5, 5.41) is 11.4. The van der Waals surface area contributed by atoms with Crippen LogP contribution in [0, 0.1) is 17.0 Å². The smallest absolute Gasteiger partial charge is 0.267 e. The summed E-state index contributed by atoms with van der Waals surface area (Å²) in [5.74, 6) is 0. The standard InChI is InChI=1S/C15H14BrClN2O4S/c1-3-18(11-5-7-13(16)14(17)8-11)24(22,23)12-6-4-10(2)15(9-12)19(20)21/h4-9H,3H2,1-2H3. The van der Waals surface area contributed by atoms with Crippen molar-refractivity contribution in [3.05, 3.63) is 61.6 Å². The van der Waals surface area contributed by atoms with Crippen LogP contribution in [-0.2, 0) is 10.0 Å². The van der Waals surface area contributed by atoms with Crippen LogP contribution < -0.4 is 4.31 Å². The fraction of sp³-hybridized carbons (Fsp3) is 0.200. The Labute approximate surface area is 153 Å². The molecule has 24 heavy (non-hydrogen) atoms. The first-order valence-corrected chi connectivity index (χ1v) is 9.52. The van der Waals surface area contributed by atoms with Gasteiger partial charge in [0.1, 0.15) is 0 Å². The zero-order valence-corrected chi connectivity index (χ0v) is 16.0. The number of hydrogen-bond acceptors (Lipinski definition) is 4. The SMILES string of the molecule is CCN(c1ccc(Br)c(Cl)c1)S(=O)(=O)c1ccc(C)c([N+](=O)[O-])c1. The van der Waals surface area contributed by atoms with Crippen LogP contribution >= 0.6 is 27.5 Å². The van der Waals surface area contributed by atoms with Crippen LogP contribution in [0.4, 0.5) is 11.4 Å². The molecule has 0 heterocycles. The molecule has 0 amide bonds. The van der Waals surface area contributed by atoms with Crippen LogP contribution in [-0.4, -0.2) is 19.9 Å². The molecule has 0 radical (unpaired) electrons. The lowest BCUT2D eigenvalue weighted by molar-refractivity contribution is -0.385. The van der Waals surface area contributed by atoms with Gasteiger partial charge in [0.05, 0.1) is 20.5 Å². The molecule has 6 nitrogen and oxygen atoms in total. The molecule has 0 unspecified atom stereocenters. The highest BCUT2D eigenvalue weighted by molar-refractivity contribution is 9.10. The maximum Gasteiger partial charge on any atom is 0.273 e. The lowest BCUT2D eigenvalue weighted by Gasteiger charge is -2.23. The number of aryl methyl sites for hydroxylation is 1. The Balaban J connectivity index is 2.56. The first kappa shape index (κ1) is 18.7. The van der Waals surface area contributed by atoms with Crippen LogP contribution in [0.25, 0.3) is 0 Å². The lowest BCUT2D eigenvalue weighted by atomic mass is 10.2. The van der Waals surface area contributed by atoms with Crippen molar-refractivity contribution in [2.24, 2.45) is 0 Å². The molecule has 9 heteroatoms. The lowest BCUT2D eigenvalue weighted by Crippen LogP contribution is -2.30. The second kappa shape index (κ2) is 7.08. The van der Waals surface area contributed by atoms with Crippen molar-refractivity contribution in [1.29, 1.82) is 0 Å². The van der Waals surface area contributed by atoms with Crippen LogP contribution in [0.15, 0.2) is 45.8 Å². The summed E-state index contributed by atoms with van der Waals surface area (Å²) in [5.41, 5.74) is 0.545. The van der Waals surface area contributed by atoms with E-state index in [1.807, 2.05) is 0 Å². The molecule has 0 saturated heterocycles. The molecule has 128 valence electrons. The van der Waals surface area contributed by atoms with Crippen molar-refractivity contribution in [2.45, 2.75) is 18.7 Å². The van der Waals surface area contributed by atoms with Gasteiger partial charge in [-0.1, -0.05) is 17.7 Å². The van der Waals surface area contributed by atoms with Gasteiger partial charge in [0, 0.05) is 22.6 Å². The van der Waals surface area contributed by atoms with Gasteiger partial charge in [0.2, 0.25) is 0 Å². The van der Waals surface area contributed by atoms with Crippen molar-refractivity contribution in [1.82, 2.24) is 0 Å². The summed E-state index contributed by atoms with van der Waals surface area (Å²) < 4.78 is 27.6. The number of anilines is 1. The minimum atomic E-state index is -3.95. The Kier molecular flexibility index (Phi) is 5.52. The van der Waals surface area contributed by atoms with Crippen LogP contribution in [0.5, 0.6) is 0 Å². The number of nitrogens with zero attached hydrogens (tertiary/aromatic N) is 2. The van der Waals surface area contributed by atoms with Crippen LogP contribution in [0.3, 0.4) is 0 Å². The van der Waals surface area contributed by atoms with E-state index in [-0.39, 0.29) is 17.1 Å². The monoisotopic (exact) mass is 432 g/mol. The predicted octanol–water partition coefficient (Wildman–Crippen LogP) is 4.53. The van der Waals surface area contributed by atoms with Gasteiger partial charge in [0.15, 0.2) is 0 Å². The first-order valence-electron chi connectivity index (χ1n) is 6.91. The molecule has 0 N–H and O–H groups in total. The molecule has 0 aliphatic rings. The molecule has 0 bridgehead atoms. The fourth-order valence-electron chi connectivity index (χ4n) is 2.21. The Hall–Kier alpha value is -1.64. The van der Waals surface area contributed by atoms with Gasteiger partial charge >= 0.3 is 0 Å². The molecule has 0 aromatic heterocycles. The average molecular weight is 434 g/mol. The number of rotatable bonds is 5. The summed E-state index contributed by atoms with van der Waals surface area (Å²) in [7, 11) is -3.95. The molecule has 2 rings (SSSR count). The second-order valence-electron chi connectivity index (χ2n) is 4.97. The summed E-state index contributed by atoms with van der Waals surface area (Å²) in [6.45, 7) is 3.39. The maximum absolute atomic E-state index is 12.9. The Bertz CT molecular complexity index is 902. The second-order valence-corrected chi connectivity index (χ2v) is 8.10. The van der Waals surface area contributed by atoms with E-state index in [4.69, 9.17) is 11.6 Å². The fourth-order valence-corrected chi connectivity index (χ4v) is 4.11. The van der Waals surface area contributed by atoms with Crippen LogP contribution in [0.1, 0.15) is 12.5 Å². The average Bonchev–Trinajstić information content (AvgIpc) is 2.51. The molecule has 0 aliphatic heterocycles. The van der Waals surface area contributed by atoms with Crippen molar-refractivity contribution >= 4 is 48.9 Å². The number of nitro groups is 1. The molecule has 2 aromatic rings. The van der Waals surface area contributed by atoms with Gasteiger partial charge in [-0.3, -0.25) is 14.4 Å². The first-order chi connectivity index (χ1) is 11.2. The Morgan fingerprint density at radius 2 is 1.92 bits per heavy atom. The van der Waals surface area contributed by atoms with E-state index in [1.54, 1.807) is 26.0 Å². The number of halogens is 2. The minimum Gasteiger partial charge on any atom is -0.267 e. The van der Waals surface area contributed by atoms with Crippen molar-refractivity contribution < 1.29 is 13.3 Å². The van der Waals surface area contributed by atoms with Gasteiger partial charge in [-0.25, -0.2) is 8.42 Å². The Morgan fingerprint density at radius 1 is 1.25 bits per heavy atom. The summed E-state index contributed by atoms with van der Waals surface area (Å²) in [6.07, 6.45) is 0. The van der Waals surface area contributed by atoms with E-state index >= 15 is 0 Å². The highest BCUT2D eigenvalue weighted by Gasteiger charge is 2.26. The van der Waals surface area contributed by atoms with E-state index in [1.165, 1.54) is 18.2 Å². The minimum absolute atomic E-state index is 0.138. The topological polar surface area (TPSA) is 80.5 Å². The third kappa shape index (κ3) is 3.55.